The zero-order chi connectivity index (χ0) is 24.9. The van der Waals surface area contributed by atoms with E-state index in [1.54, 1.807) is 0 Å². The van der Waals surface area contributed by atoms with E-state index in [1.807, 2.05) is 0 Å². The predicted octanol–water partition coefficient (Wildman–Crippen LogP) is 9.75. The average Bonchev–Trinajstić information content (AvgIpc) is 3.59. The van der Waals surface area contributed by atoms with Crippen LogP contribution in [-0.4, -0.2) is 9.97 Å². The third kappa shape index (κ3) is 5.96. The van der Waals surface area contributed by atoms with Crippen LogP contribution in [0.15, 0.2) is 95.1 Å². The van der Waals surface area contributed by atoms with Crippen molar-refractivity contribution in [3.05, 3.63) is 106 Å². The Bertz CT molecular complexity index is 1290. The number of fused-ring (bicyclic) bond motifs is 2. The molecule has 0 amide bonds. The van der Waals surface area contributed by atoms with Crippen LogP contribution in [0.4, 0.5) is 0 Å². The monoisotopic (exact) mass is 538 g/mol. The summed E-state index contributed by atoms with van der Waals surface area (Å²) < 4.78 is 4.59. The van der Waals surface area contributed by atoms with Crippen molar-refractivity contribution in [2.75, 3.05) is 0 Å². The van der Waals surface area contributed by atoms with E-state index < -0.39 is 0 Å². The van der Waals surface area contributed by atoms with Gasteiger partial charge in [0.1, 0.15) is 0 Å². The van der Waals surface area contributed by atoms with Crippen molar-refractivity contribution in [3.63, 3.8) is 0 Å². The molecule has 0 unspecified atom stereocenters. The topological polar surface area (TPSA) is 31.6 Å². The van der Waals surface area contributed by atoms with E-state index in [4.69, 9.17) is 0 Å². The number of H-pyrrole nitrogens is 2. The van der Waals surface area contributed by atoms with Gasteiger partial charge in [-0.1, -0.05) is 59.7 Å². The van der Waals surface area contributed by atoms with E-state index in [0.717, 1.165) is 12.8 Å². The number of hydrogen-bond acceptors (Lipinski definition) is 0. The molecule has 0 atom stereocenters. The molecule has 35 heavy (non-hydrogen) atoms. The summed E-state index contributed by atoms with van der Waals surface area (Å²) in [5.41, 5.74) is 13.6. The van der Waals surface area contributed by atoms with Gasteiger partial charge >= 0.3 is 32.5 Å². The summed E-state index contributed by atoms with van der Waals surface area (Å²) in [4.78, 5) is 6.99. The van der Waals surface area contributed by atoms with Crippen molar-refractivity contribution in [1.82, 2.24) is 9.97 Å². The van der Waals surface area contributed by atoms with Crippen molar-refractivity contribution in [1.29, 1.82) is 0 Å². The van der Waals surface area contributed by atoms with Crippen molar-refractivity contribution in [2.24, 2.45) is 0 Å². The van der Waals surface area contributed by atoms with Gasteiger partial charge in [0.25, 0.3) is 0 Å². The SMILES string of the molecule is CC1=CC(C)=C(c2cc3ccccc3[nH]2)C1.CC1=CC(C)=C(c2cc3ccccc3[nH]2)C1.[CH3][Zr][CH3]. The summed E-state index contributed by atoms with van der Waals surface area (Å²) in [6.07, 6.45) is 6.72. The first-order valence-corrected chi connectivity index (χ1v) is 17.3. The van der Waals surface area contributed by atoms with E-state index in [-0.39, 0.29) is 23.2 Å². The normalized spacial score (nSPS) is 15.0. The summed E-state index contributed by atoms with van der Waals surface area (Å²) in [5.74, 6) is 0. The molecule has 2 aromatic carbocycles. The van der Waals surface area contributed by atoms with Crippen LogP contribution >= 0.6 is 0 Å². The number of benzene rings is 2. The van der Waals surface area contributed by atoms with Crippen LogP contribution in [0.3, 0.4) is 0 Å². The summed E-state index contributed by atoms with van der Waals surface area (Å²) in [6.45, 7) is 8.77. The quantitative estimate of drug-likeness (QED) is 0.254. The Morgan fingerprint density at radius 2 is 0.971 bits per heavy atom. The van der Waals surface area contributed by atoms with Crippen LogP contribution < -0.4 is 0 Å². The second-order valence-corrected chi connectivity index (χ2v) is 12.2. The summed E-state index contributed by atoms with van der Waals surface area (Å²) >= 11 is 0.230. The van der Waals surface area contributed by atoms with Crippen LogP contribution in [0.1, 0.15) is 51.9 Å². The molecule has 0 radical (unpaired) electrons. The van der Waals surface area contributed by atoms with E-state index in [1.165, 1.54) is 66.6 Å². The van der Waals surface area contributed by atoms with Crippen molar-refractivity contribution in [3.8, 4) is 0 Å². The van der Waals surface area contributed by atoms with E-state index in [2.05, 4.69) is 120 Å². The molecule has 6 rings (SSSR count). The number of rotatable bonds is 2. The molecule has 0 aliphatic heterocycles. The molecule has 3 heteroatoms. The van der Waals surface area contributed by atoms with E-state index in [0.29, 0.717) is 0 Å². The molecule has 0 fully saturated rings. The maximum absolute atomic E-state index is 3.50. The predicted molar refractivity (Wildman–Crippen MR) is 150 cm³/mol. The fourth-order valence-corrected chi connectivity index (χ4v) is 4.94. The first-order valence-electron chi connectivity index (χ1n) is 12.4. The molecule has 0 saturated heterocycles. The van der Waals surface area contributed by atoms with Gasteiger partial charge in [-0.3, -0.25) is 0 Å². The van der Waals surface area contributed by atoms with Crippen LogP contribution in [0.5, 0.6) is 0 Å². The average molecular weight is 540 g/mol. The number of aromatic amines is 2. The first-order chi connectivity index (χ1) is 16.9. The van der Waals surface area contributed by atoms with Gasteiger partial charge in [0.2, 0.25) is 0 Å². The number of allylic oxidation sites excluding steroid dienone is 8. The molecule has 178 valence electrons. The van der Waals surface area contributed by atoms with Crippen LogP contribution in [-0.2, 0) is 23.2 Å². The number of para-hydroxylation sites is 2. The molecule has 2 heterocycles. The van der Waals surface area contributed by atoms with Crippen LogP contribution in [0.2, 0.25) is 9.26 Å². The van der Waals surface area contributed by atoms with Gasteiger partial charge in [-0.2, -0.15) is 0 Å². The molecule has 0 bridgehead atoms. The van der Waals surface area contributed by atoms with Gasteiger partial charge in [0.15, 0.2) is 0 Å². The van der Waals surface area contributed by atoms with E-state index in [9.17, 15) is 0 Å². The molecule has 0 saturated carbocycles. The van der Waals surface area contributed by atoms with E-state index >= 15 is 0 Å². The fourth-order valence-electron chi connectivity index (χ4n) is 4.94. The Hall–Kier alpha value is -2.64. The minimum atomic E-state index is 0.230. The van der Waals surface area contributed by atoms with Gasteiger partial charge in [0.05, 0.1) is 0 Å². The van der Waals surface area contributed by atoms with Gasteiger partial charge < -0.3 is 9.97 Å². The van der Waals surface area contributed by atoms with Crippen molar-refractivity contribution in [2.45, 2.75) is 49.8 Å². The summed E-state index contributed by atoms with van der Waals surface area (Å²) in [7, 11) is 0. The zero-order valence-corrected chi connectivity index (χ0v) is 24.3. The Kier molecular flexibility index (Phi) is 8.29. The second kappa shape index (κ2) is 11.4. The number of nitrogens with one attached hydrogen (secondary N) is 2. The summed E-state index contributed by atoms with van der Waals surface area (Å²) in [6, 6.07) is 21.4. The maximum atomic E-state index is 3.50. The third-order valence-electron chi connectivity index (χ3n) is 6.50. The molecule has 2 aromatic heterocycles. The molecule has 4 aromatic rings. The van der Waals surface area contributed by atoms with Crippen LogP contribution in [0.25, 0.3) is 33.0 Å². The first kappa shape index (κ1) is 25.5. The molecule has 2 N–H and O–H groups in total. The summed E-state index contributed by atoms with van der Waals surface area (Å²) in [5, 5.41) is 2.59. The standard InChI is InChI=1S/2C15H15N.2CH3.Zr/c2*1-10-7-11(2)13(8-10)15-9-12-5-3-4-6-14(12)16-15;;;/h2*3-7,9,16H,8H2,1-2H3;2*1H3;. The molecule has 2 aliphatic carbocycles. The number of hydrogen-bond donors (Lipinski definition) is 2. The van der Waals surface area contributed by atoms with Crippen LogP contribution in [0, 0.1) is 0 Å². The van der Waals surface area contributed by atoms with Gasteiger partial charge in [0, 0.05) is 22.4 Å². The minimum absolute atomic E-state index is 0.230. The Balaban J connectivity index is 0.000000149. The van der Waals surface area contributed by atoms with Crippen molar-refractivity contribution >= 4 is 33.0 Å². The Morgan fingerprint density at radius 3 is 1.29 bits per heavy atom. The second-order valence-electron chi connectivity index (χ2n) is 9.70. The Morgan fingerprint density at radius 1 is 0.600 bits per heavy atom. The molecular weight excluding hydrogens is 504 g/mol. The van der Waals surface area contributed by atoms with Crippen molar-refractivity contribution < 1.29 is 23.2 Å². The number of aromatic nitrogens is 2. The molecule has 0 spiro atoms. The molecular formula is C32H36N2Zr. The van der Waals surface area contributed by atoms with Gasteiger partial charge in [-0.15, -0.1) is 0 Å². The molecule has 2 nitrogen and oxygen atoms in total. The third-order valence-corrected chi connectivity index (χ3v) is 6.50. The molecule has 2 aliphatic rings. The Labute approximate surface area is 221 Å². The zero-order valence-electron chi connectivity index (χ0n) is 21.8. The fraction of sp³-hybridized carbons (Fsp3) is 0.250. The van der Waals surface area contributed by atoms with Gasteiger partial charge in [-0.05, 0) is 97.9 Å². The van der Waals surface area contributed by atoms with Gasteiger partial charge in [-0.25, -0.2) is 0 Å².